The molecular weight excluding hydrogens is 290 g/mol. The maximum Gasteiger partial charge on any atom is 0.337 e. The highest BCUT2D eigenvalue weighted by Crippen LogP contribution is 2.33. The minimum Gasteiger partial charge on any atom is -0.478 e. The first kappa shape index (κ1) is 16.0. The molecule has 1 fully saturated rings. The van der Waals surface area contributed by atoms with Gasteiger partial charge in [0.25, 0.3) is 0 Å². The predicted octanol–water partition coefficient (Wildman–Crippen LogP) is 2.58. The molecule has 1 N–H and O–H groups in total. The van der Waals surface area contributed by atoms with E-state index in [1.54, 1.807) is 6.07 Å². The number of carboxylic acids is 1. The first-order valence-electron chi connectivity index (χ1n) is 7.18. The van der Waals surface area contributed by atoms with E-state index in [1.807, 2.05) is 13.8 Å². The molecule has 0 radical (unpaired) electrons. The van der Waals surface area contributed by atoms with Gasteiger partial charge >= 0.3 is 5.97 Å². The molecule has 0 saturated heterocycles. The number of hydrogen-bond acceptors (Lipinski definition) is 3. The summed E-state index contributed by atoms with van der Waals surface area (Å²) in [5.74, 6) is -0.815. The highest BCUT2D eigenvalue weighted by Gasteiger charge is 2.39. The Morgan fingerprint density at radius 3 is 2.48 bits per heavy atom. The molecule has 0 atom stereocenters. The van der Waals surface area contributed by atoms with Gasteiger partial charge in [-0.25, -0.2) is 13.2 Å². The van der Waals surface area contributed by atoms with Crippen LogP contribution in [0.1, 0.15) is 43.5 Å². The molecule has 0 heterocycles. The number of rotatable bonds is 7. The Kier molecular flexibility index (Phi) is 4.68. The third-order valence-corrected chi connectivity index (χ3v) is 5.60. The lowest BCUT2D eigenvalue weighted by Gasteiger charge is -2.23. The molecule has 21 heavy (non-hydrogen) atoms. The molecule has 0 unspecified atom stereocenters. The molecule has 0 bridgehead atoms. The van der Waals surface area contributed by atoms with Crippen LogP contribution in [0.15, 0.2) is 29.2 Å². The van der Waals surface area contributed by atoms with Gasteiger partial charge in [-0.3, -0.25) is 0 Å². The van der Waals surface area contributed by atoms with Gasteiger partial charge in [0.05, 0.1) is 10.5 Å². The van der Waals surface area contributed by atoms with Crippen LogP contribution in [0.3, 0.4) is 0 Å². The van der Waals surface area contributed by atoms with E-state index < -0.39 is 16.0 Å². The lowest BCUT2D eigenvalue weighted by atomic mass is 10.1. The average molecular weight is 311 g/mol. The van der Waals surface area contributed by atoms with E-state index in [1.165, 1.54) is 22.5 Å². The molecule has 1 saturated carbocycles. The van der Waals surface area contributed by atoms with Gasteiger partial charge in [-0.1, -0.05) is 26.0 Å². The van der Waals surface area contributed by atoms with Crippen molar-refractivity contribution in [3.05, 3.63) is 29.8 Å². The van der Waals surface area contributed by atoms with E-state index in [4.69, 9.17) is 0 Å². The van der Waals surface area contributed by atoms with E-state index in [2.05, 4.69) is 0 Å². The Hall–Kier alpha value is -1.40. The van der Waals surface area contributed by atoms with Gasteiger partial charge in [-0.2, -0.15) is 4.31 Å². The smallest absolute Gasteiger partial charge is 0.337 e. The quantitative estimate of drug-likeness (QED) is 0.840. The molecule has 0 aliphatic heterocycles. The van der Waals surface area contributed by atoms with Crippen molar-refractivity contribution in [3.8, 4) is 0 Å². The van der Waals surface area contributed by atoms with Crippen molar-refractivity contribution in [1.82, 2.24) is 4.31 Å². The van der Waals surface area contributed by atoms with Crippen LogP contribution >= 0.6 is 0 Å². The minimum absolute atomic E-state index is 0.0237. The van der Waals surface area contributed by atoms with E-state index >= 15 is 0 Å². The number of benzene rings is 1. The molecule has 0 amide bonds. The number of hydrogen-bond donors (Lipinski definition) is 1. The molecule has 1 aliphatic carbocycles. The fourth-order valence-corrected chi connectivity index (χ4v) is 4.13. The van der Waals surface area contributed by atoms with Crippen molar-refractivity contribution < 1.29 is 18.3 Å². The maximum absolute atomic E-state index is 12.8. The third-order valence-electron chi connectivity index (χ3n) is 3.59. The Balaban J connectivity index is 2.37. The number of carboxylic acid groups (broad SMARTS) is 1. The van der Waals surface area contributed by atoms with Crippen LogP contribution in [0.4, 0.5) is 0 Å². The van der Waals surface area contributed by atoms with Gasteiger partial charge in [0, 0.05) is 12.6 Å². The molecule has 2 rings (SSSR count). The summed E-state index contributed by atoms with van der Waals surface area (Å²) in [6, 6.07) is 5.84. The van der Waals surface area contributed by atoms with Gasteiger partial charge in [0.2, 0.25) is 10.0 Å². The van der Waals surface area contributed by atoms with Crippen LogP contribution in [0.25, 0.3) is 0 Å². The van der Waals surface area contributed by atoms with E-state index in [0.717, 1.165) is 19.3 Å². The van der Waals surface area contributed by atoms with Crippen molar-refractivity contribution in [2.24, 2.45) is 5.92 Å². The molecule has 1 aromatic carbocycles. The molecule has 0 spiro atoms. The molecule has 0 aromatic heterocycles. The molecule has 5 nitrogen and oxygen atoms in total. The zero-order valence-corrected chi connectivity index (χ0v) is 13.1. The topological polar surface area (TPSA) is 74.7 Å². The summed E-state index contributed by atoms with van der Waals surface area (Å²) in [5, 5.41) is 9.20. The van der Waals surface area contributed by atoms with E-state index in [-0.39, 0.29) is 16.5 Å². The average Bonchev–Trinajstić information content (AvgIpc) is 3.23. The number of carbonyl (C=O) groups is 1. The SMILES string of the molecule is CC(C)CCN(C1CC1)S(=O)(=O)c1ccccc1C(=O)O. The van der Waals surface area contributed by atoms with Crippen molar-refractivity contribution in [2.45, 2.75) is 44.0 Å². The minimum atomic E-state index is -3.76. The van der Waals surface area contributed by atoms with Crippen molar-refractivity contribution in [1.29, 1.82) is 0 Å². The Morgan fingerprint density at radius 2 is 1.95 bits per heavy atom. The Morgan fingerprint density at radius 1 is 1.33 bits per heavy atom. The highest BCUT2D eigenvalue weighted by atomic mass is 32.2. The van der Waals surface area contributed by atoms with Crippen LogP contribution in [0.2, 0.25) is 0 Å². The molecular formula is C15H21NO4S. The molecule has 116 valence electrons. The van der Waals surface area contributed by atoms with Crippen LogP contribution < -0.4 is 0 Å². The largest absolute Gasteiger partial charge is 0.478 e. The fraction of sp³-hybridized carbons (Fsp3) is 0.533. The van der Waals surface area contributed by atoms with Gasteiger partial charge in [0.15, 0.2) is 0 Å². The van der Waals surface area contributed by atoms with Crippen molar-refractivity contribution in [3.63, 3.8) is 0 Å². The Labute approximate surface area is 125 Å². The lowest BCUT2D eigenvalue weighted by Crippen LogP contribution is -2.35. The van der Waals surface area contributed by atoms with Gasteiger partial charge < -0.3 is 5.11 Å². The zero-order chi connectivity index (χ0) is 15.6. The standard InChI is InChI=1S/C15H21NO4S/c1-11(2)9-10-16(12-7-8-12)21(19,20)14-6-4-3-5-13(14)15(17)18/h3-6,11-12H,7-10H2,1-2H3,(H,17,18). The second-order valence-electron chi connectivity index (χ2n) is 5.83. The van der Waals surface area contributed by atoms with Crippen LogP contribution in [-0.4, -0.2) is 36.4 Å². The van der Waals surface area contributed by atoms with Crippen LogP contribution in [0, 0.1) is 5.92 Å². The second-order valence-corrected chi connectivity index (χ2v) is 7.69. The molecule has 6 heteroatoms. The summed E-state index contributed by atoms with van der Waals surface area (Å²) in [5.41, 5.74) is -0.160. The van der Waals surface area contributed by atoms with E-state index in [0.29, 0.717) is 12.5 Å². The third kappa shape index (κ3) is 3.63. The van der Waals surface area contributed by atoms with Gasteiger partial charge in [-0.05, 0) is 37.3 Å². The van der Waals surface area contributed by atoms with E-state index in [9.17, 15) is 18.3 Å². The van der Waals surface area contributed by atoms with Crippen LogP contribution in [-0.2, 0) is 10.0 Å². The summed E-state index contributed by atoms with van der Waals surface area (Å²) in [7, 11) is -3.76. The first-order chi connectivity index (χ1) is 9.84. The predicted molar refractivity (Wildman–Crippen MR) is 79.8 cm³/mol. The first-order valence-corrected chi connectivity index (χ1v) is 8.62. The normalized spacial score (nSPS) is 15.6. The fourth-order valence-electron chi connectivity index (χ4n) is 2.24. The molecule has 1 aliphatic rings. The monoisotopic (exact) mass is 311 g/mol. The second kappa shape index (κ2) is 6.15. The van der Waals surface area contributed by atoms with Crippen LogP contribution in [0.5, 0.6) is 0 Å². The summed E-state index contributed by atoms with van der Waals surface area (Å²) < 4.78 is 27.1. The van der Waals surface area contributed by atoms with Crippen molar-refractivity contribution in [2.75, 3.05) is 6.54 Å². The zero-order valence-electron chi connectivity index (χ0n) is 12.3. The highest BCUT2D eigenvalue weighted by molar-refractivity contribution is 7.89. The summed E-state index contributed by atoms with van der Waals surface area (Å²) in [4.78, 5) is 11.2. The Bertz CT molecular complexity index is 620. The molecule has 1 aromatic rings. The number of sulfonamides is 1. The maximum atomic E-state index is 12.8. The summed E-state index contributed by atoms with van der Waals surface area (Å²) in [6.07, 6.45) is 2.48. The number of aromatic carboxylic acids is 1. The van der Waals surface area contributed by atoms with Gasteiger partial charge in [0.1, 0.15) is 0 Å². The lowest BCUT2D eigenvalue weighted by molar-refractivity contribution is 0.0692. The van der Waals surface area contributed by atoms with Gasteiger partial charge in [-0.15, -0.1) is 0 Å². The summed E-state index contributed by atoms with van der Waals surface area (Å²) >= 11 is 0. The summed E-state index contributed by atoms with van der Waals surface area (Å²) in [6.45, 7) is 4.53. The van der Waals surface area contributed by atoms with Crippen molar-refractivity contribution >= 4 is 16.0 Å². The number of nitrogens with zero attached hydrogens (tertiary/aromatic N) is 1.